The van der Waals surface area contributed by atoms with E-state index in [0.29, 0.717) is 12.8 Å². The maximum Gasteiger partial charge on any atom is 0.238 e. The number of rotatable bonds is 5. The van der Waals surface area contributed by atoms with Crippen molar-refractivity contribution < 1.29 is 9.90 Å². The predicted molar refractivity (Wildman–Crippen MR) is 60.7 cm³/mol. The average molecular weight is 218 g/mol. The Labute approximate surface area is 94.5 Å². The molecule has 1 rings (SSSR count). The zero-order chi connectivity index (χ0) is 11.8. The zero-order valence-corrected chi connectivity index (χ0v) is 8.94. The molecule has 0 aliphatic carbocycles. The minimum absolute atomic E-state index is 0.125. The number of carbonyl (C=O) groups is 1. The Bertz CT molecular complexity index is 396. The smallest absolute Gasteiger partial charge is 0.238 e. The Morgan fingerprint density at radius 1 is 1.44 bits per heavy atom. The Hall–Kier alpha value is -1.86. The van der Waals surface area contributed by atoms with Crippen molar-refractivity contribution in [3.63, 3.8) is 0 Å². The highest BCUT2D eigenvalue weighted by Gasteiger charge is 2.05. The summed E-state index contributed by atoms with van der Waals surface area (Å²) < 4.78 is 0. The minimum atomic E-state index is -0.307. The number of aliphatic hydroxyl groups excluding tert-OH is 1. The third kappa shape index (κ3) is 3.71. The highest BCUT2D eigenvalue weighted by atomic mass is 16.2. The summed E-state index contributed by atoms with van der Waals surface area (Å²) in [5.74, 6) is -0.307. The summed E-state index contributed by atoms with van der Waals surface area (Å²) in [6, 6.07) is 9.20. The quantitative estimate of drug-likeness (QED) is 0.785. The van der Waals surface area contributed by atoms with Crippen molar-refractivity contribution in [2.45, 2.75) is 19.3 Å². The fraction of sp³-hybridized carbons (Fsp3) is 0.333. The number of aryl methyl sites for hydroxylation is 1. The van der Waals surface area contributed by atoms with E-state index >= 15 is 0 Å². The second-order valence-corrected chi connectivity index (χ2v) is 3.37. The lowest BCUT2D eigenvalue weighted by Gasteiger charge is -2.09. The molecule has 0 unspecified atom stereocenters. The van der Waals surface area contributed by atoms with Gasteiger partial charge in [-0.05, 0) is 24.5 Å². The molecule has 1 aromatic carbocycles. The van der Waals surface area contributed by atoms with Gasteiger partial charge in [0.05, 0.1) is 6.07 Å². The number of para-hydroxylation sites is 1. The molecule has 0 spiro atoms. The highest BCUT2D eigenvalue weighted by molar-refractivity contribution is 5.92. The number of nitrogens with zero attached hydrogens (tertiary/aromatic N) is 1. The van der Waals surface area contributed by atoms with Gasteiger partial charge in [0, 0.05) is 12.3 Å². The first kappa shape index (κ1) is 12.2. The molecule has 0 aliphatic rings. The van der Waals surface area contributed by atoms with Crippen LogP contribution in [0.1, 0.15) is 18.4 Å². The van der Waals surface area contributed by atoms with Gasteiger partial charge in [0.1, 0.15) is 6.42 Å². The van der Waals surface area contributed by atoms with Crippen LogP contribution in [0.3, 0.4) is 0 Å². The molecule has 0 fully saturated rings. The Kier molecular flexibility index (Phi) is 5.03. The summed E-state index contributed by atoms with van der Waals surface area (Å²) in [5, 5.41) is 19.8. The lowest BCUT2D eigenvalue weighted by Crippen LogP contribution is -2.11. The number of hydrogen-bond acceptors (Lipinski definition) is 3. The van der Waals surface area contributed by atoms with E-state index in [-0.39, 0.29) is 18.9 Å². The number of hydrogen-bond donors (Lipinski definition) is 2. The summed E-state index contributed by atoms with van der Waals surface area (Å²) in [5.41, 5.74) is 1.69. The molecule has 4 nitrogen and oxygen atoms in total. The maximum absolute atomic E-state index is 11.3. The van der Waals surface area contributed by atoms with Gasteiger partial charge in [-0.1, -0.05) is 18.2 Å². The Morgan fingerprint density at radius 3 is 2.88 bits per heavy atom. The molecule has 0 saturated heterocycles. The van der Waals surface area contributed by atoms with Gasteiger partial charge in [-0.15, -0.1) is 0 Å². The Balaban J connectivity index is 2.71. The second-order valence-electron chi connectivity index (χ2n) is 3.37. The molecule has 1 aromatic rings. The first-order valence-electron chi connectivity index (χ1n) is 5.13. The topological polar surface area (TPSA) is 73.1 Å². The lowest BCUT2D eigenvalue weighted by atomic mass is 10.1. The van der Waals surface area contributed by atoms with Crippen LogP contribution in [0.5, 0.6) is 0 Å². The highest BCUT2D eigenvalue weighted by Crippen LogP contribution is 2.16. The number of carbonyl (C=O) groups excluding carboxylic acids is 1. The van der Waals surface area contributed by atoms with Crippen LogP contribution in [0.4, 0.5) is 5.69 Å². The van der Waals surface area contributed by atoms with Crippen LogP contribution < -0.4 is 5.32 Å². The van der Waals surface area contributed by atoms with E-state index in [2.05, 4.69) is 5.32 Å². The van der Waals surface area contributed by atoms with E-state index < -0.39 is 0 Å². The minimum Gasteiger partial charge on any atom is -0.396 e. The standard InChI is InChI=1S/C12H14N2O2/c13-8-7-12(16)14-11-6-2-1-4-10(11)5-3-9-15/h1-2,4,6,15H,3,5,7,9H2,(H,14,16). The predicted octanol–water partition coefficient (Wildman–Crippen LogP) is 1.46. The van der Waals surface area contributed by atoms with E-state index in [1.54, 1.807) is 12.1 Å². The molecule has 0 aromatic heterocycles. The molecule has 0 aliphatic heterocycles. The molecular formula is C12H14N2O2. The van der Waals surface area contributed by atoms with Gasteiger partial charge < -0.3 is 10.4 Å². The lowest BCUT2D eigenvalue weighted by molar-refractivity contribution is -0.115. The SMILES string of the molecule is N#CCC(=O)Nc1ccccc1CCCO. The number of anilines is 1. The van der Waals surface area contributed by atoms with Crippen molar-refractivity contribution in [3.8, 4) is 6.07 Å². The largest absolute Gasteiger partial charge is 0.396 e. The molecule has 2 N–H and O–H groups in total. The van der Waals surface area contributed by atoms with Crippen LogP contribution in [0.15, 0.2) is 24.3 Å². The van der Waals surface area contributed by atoms with Gasteiger partial charge in [-0.3, -0.25) is 4.79 Å². The van der Waals surface area contributed by atoms with Crippen molar-refractivity contribution in [3.05, 3.63) is 29.8 Å². The second kappa shape index (κ2) is 6.59. The fourth-order valence-electron chi connectivity index (χ4n) is 1.40. The summed E-state index contributed by atoms with van der Waals surface area (Å²) >= 11 is 0. The van der Waals surface area contributed by atoms with Crippen LogP contribution >= 0.6 is 0 Å². The average Bonchev–Trinajstić information content (AvgIpc) is 2.28. The van der Waals surface area contributed by atoms with E-state index in [1.165, 1.54) is 0 Å². The van der Waals surface area contributed by atoms with Crippen molar-refractivity contribution >= 4 is 11.6 Å². The number of nitrogens with one attached hydrogen (secondary N) is 1. The van der Waals surface area contributed by atoms with E-state index in [0.717, 1.165) is 11.3 Å². The zero-order valence-electron chi connectivity index (χ0n) is 8.94. The maximum atomic E-state index is 11.3. The summed E-state index contributed by atoms with van der Waals surface area (Å²) in [6.07, 6.45) is 1.22. The van der Waals surface area contributed by atoms with Crippen molar-refractivity contribution in [2.75, 3.05) is 11.9 Å². The molecule has 1 amide bonds. The molecule has 0 heterocycles. The van der Waals surface area contributed by atoms with Crippen molar-refractivity contribution in [1.29, 1.82) is 5.26 Å². The van der Waals surface area contributed by atoms with Crippen LogP contribution in [-0.4, -0.2) is 17.6 Å². The summed E-state index contributed by atoms with van der Waals surface area (Å²) in [4.78, 5) is 11.3. The van der Waals surface area contributed by atoms with Gasteiger partial charge in [-0.25, -0.2) is 0 Å². The van der Waals surface area contributed by atoms with Crippen molar-refractivity contribution in [2.24, 2.45) is 0 Å². The molecule has 0 radical (unpaired) electrons. The number of nitriles is 1. The van der Waals surface area contributed by atoms with Crippen LogP contribution in [0.2, 0.25) is 0 Å². The van der Waals surface area contributed by atoms with Crippen LogP contribution in [0, 0.1) is 11.3 Å². The van der Waals surface area contributed by atoms with E-state index in [9.17, 15) is 4.79 Å². The molecule has 84 valence electrons. The molecule has 0 saturated carbocycles. The molecule has 16 heavy (non-hydrogen) atoms. The fourth-order valence-corrected chi connectivity index (χ4v) is 1.40. The van der Waals surface area contributed by atoms with Crippen molar-refractivity contribution in [1.82, 2.24) is 0 Å². The number of benzene rings is 1. The molecule has 0 atom stereocenters. The third-order valence-electron chi connectivity index (χ3n) is 2.14. The van der Waals surface area contributed by atoms with Gasteiger partial charge in [0.15, 0.2) is 0 Å². The van der Waals surface area contributed by atoms with Crippen LogP contribution in [0.25, 0.3) is 0 Å². The molecule has 0 bridgehead atoms. The number of amides is 1. The summed E-state index contributed by atoms with van der Waals surface area (Å²) in [7, 11) is 0. The van der Waals surface area contributed by atoms with Gasteiger partial charge >= 0.3 is 0 Å². The summed E-state index contributed by atoms with van der Waals surface area (Å²) in [6.45, 7) is 0.125. The first-order valence-corrected chi connectivity index (χ1v) is 5.13. The van der Waals surface area contributed by atoms with Gasteiger partial charge in [0.25, 0.3) is 0 Å². The number of aliphatic hydroxyl groups is 1. The van der Waals surface area contributed by atoms with Gasteiger partial charge in [-0.2, -0.15) is 5.26 Å². The third-order valence-corrected chi connectivity index (χ3v) is 2.14. The Morgan fingerprint density at radius 2 is 2.19 bits per heavy atom. The van der Waals surface area contributed by atoms with E-state index in [4.69, 9.17) is 10.4 Å². The molecular weight excluding hydrogens is 204 g/mol. The first-order chi connectivity index (χ1) is 7.77. The van der Waals surface area contributed by atoms with Gasteiger partial charge in [0.2, 0.25) is 5.91 Å². The molecule has 4 heteroatoms. The van der Waals surface area contributed by atoms with E-state index in [1.807, 2.05) is 18.2 Å². The normalized spacial score (nSPS) is 9.50. The van der Waals surface area contributed by atoms with Crippen LogP contribution in [-0.2, 0) is 11.2 Å². The monoisotopic (exact) mass is 218 g/mol.